The van der Waals surface area contributed by atoms with E-state index in [1.807, 2.05) is 43.0 Å². The summed E-state index contributed by atoms with van der Waals surface area (Å²) in [6, 6.07) is 13.8. The van der Waals surface area contributed by atoms with Gasteiger partial charge in [-0.2, -0.15) is 0 Å². The minimum absolute atomic E-state index is 0.00709. The van der Waals surface area contributed by atoms with Gasteiger partial charge in [-0.15, -0.1) is 0 Å². The third-order valence-electron chi connectivity index (χ3n) is 6.99. The molecule has 0 spiro atoms. The number of hydrogen-bond acceptors (Lipinski definition) is 3. The van der Waals surface area contributed by atoms with E-state index in [9.17, 15) is 18.4 Å². The van der Waals surface area contributed by atoms with Crippen molar-refractivity contribution in [2.75, 3.05) is 19.6 Å². The lowest BCUT2D eigenvalue weighted by Gasteiger charge is -2.36. The summed E-state index contributed by atoms with van der Waals surface area (Å²) in [5.41, 5.74) is 2.15. The summed E-state index contributed by atoms with van der Waals surface area (Å²) >= 11 is 0. The molecule has 33 heavy (non-hydrogen) atoms. The van der Waals surface area contributed by atoms with Crippen LogP contribution in [0, 0.1) is 11.7 Å². The first-order valence-electron chi connectivity index (χ1n) is 11.9. The topological polar surface area (TPSA) is 40.6 Å². The number of hydrogen-bond donors (Lipinski definition) is 0. The number of ketones is 1. The maximum atomic E-state index is 14.1. The van der Waals surface area contributed by atoms with E-state index in [0.29, 0.717) is 44.5 Å². The summed E-state index contributed by atoms with van der Waals surface area (Å²) < 4.78 is 28.1. The first-order valence-corrected chi connectivity index (χ1v) is 11.9. The fourth-order valence-electron chi connectivity index (χ4n) is 5.14. The molecule has 6 heteroatoms. The van der Waals surface area contributed by atoms with Crippen molar-refractivity contribution in [2.24, 2.45) is 5.92 Å². The van der Waals surface area contributed by atoms with Crippen molar-refractivity contribution in [2.45, 2.75) is 57.8 Å². The summed E-state index contributed by atoms with van der Waals surface area (Å²) in [6.07, 6.45) is 0.860. The average Bonchev–Trinajstić information content (AvgIpc) is 3.21. The minimum Gasteiger partial charge on any atom is -0.341 e. The van der Waals surface area contributed by atoms with Crippen molar-refractivity contribution in [3.05, 3.63) is 59.9 Å². The molecule has 2 aliphatic rings. The number of halogens is 2. The SMILES string of the molecule is CC(C)N1C[C@@H](F)C[C@H]1C(=O)N1CCC(C(=O)Cc2cccc(-c3ccccc3F)c2)CC1. The molecule has 1 amide bonds. The highest BCUT2D eigenvalue weighted by Crippen LogP contribution is 2.28. The van der Waals surface area contributed by atoms with Crippen LogP contribution in [-0.2, 0) is 16.0 Å². The summed E-state index contributed by atoms with van der Waals surface area (Å²) in [7, 11) is 0. The number of benzene rings is 2. The van der Waals surface area contributed by atoms with Crippen LogP contribution in [0.3, 0.4) is 0 Å². The van der Waals surface area contributed by atoms with Gasteiger partial charge in [0.25, 0.3) is 0 Å². The lowest BCUT2D eigenvalue weighted by atomic mass is 9.88. The molecule has 0 aromatic heterocycles. The van der Waals surface area contributed by atoms with Gasteiger partial charge in [-0.1, -0.05) is 42.5 Å². The Kier molecular flexibility index (Phi) is 7.23. The van der Waals surface area contributed by atoms with Crippen molar-refractivity contribution in [3.8, 4) is 11.1 Å². The minimum atomic E-state index is -0.958. The van der Waals surface area contributed by atoms with Crippen LogP contribution in [0.25, 0.3) is 11.1 Å². The molecule has 2 aromatic carbocycles. The first kappa shape index (κ1) is 23.6. The van der Waals surface area contributed by atoms with Crippen molar-refractivity contribution in [1.29, 1.82) is 0 Å². The molecule has 0 unspecified atom stereocenters. The molecule has 0 saturated carbocycles. The molecule has 2 aromatic rings. The molecule has 0 aliphatic carbocycles. The highest BCUT2D eigenvalue weighted by atomic mass is 19.1. The average molecular weight is 455 g/mol. The second kappa shape index (κ2) is 10.1. The molecule has 0 bridgehead atoms. The van der Waals surface area contributed by atoms with Gasteiger partial charge >= 0.3 is 0 Å². The lowest BCUT2D eigenvalue weighted by molar-refractivity contribution is -0.139. The zero-order chi connectivity index (χ0) is 23.5. The van der Waals surface area contributed by atoms with E-state index >= 15 is 0 Å². The Hall–Kier alpha value is -2.60. The Balaban J connectivity index is 1.34. The summed E-state index contributed by atoms with van der Waals surface area (Å²) in [6.45, 7) is 5.36. The molecule has 2 atom stereocenters. The second-order valence-corrected chi connectivity index (χ2v) is 9.56. The molecule has 2 fully saturated rings. The van der Waals surface area contributed by atoms with Crippen molar-refractivity contribution in [3.63, 3.8) is 0 Å². The van der Waals surface area contributed by atoms with E-state index in [0.717, 1.165) is 11.1 Å². The van der Waals surface area contributed by atoms with E-state index in [1.165, 1.54) is 6.07 Å². The van der Waals surface area contributed by atoms with Crippen LogP contribution in [0.1, 0.15) is 38.7 Å². The molecule has 4 nitrogen and oxygen atoms in total. The highest BCUT2D eigenvalue weighted by Gasteiger charge is 2.41. The number of rotatable bonds is 6. The van der Waals surface area contributed by atoms with Crippen LogP contribution in [0.2, 0.25) is 0 Å². The largest absolute Gasteiger partial charge is 0.341 e. The van der Waals surface area contributed by atoms with E-state index < -0.39 is 12.2 Å². The van der Waals surface area contributed by atoms with Crippen LogP contribution in [-0.4, -0.2) is 59.4 Å². The molecular formula is C27H32F2N2O2. The molecule has 0 radical (unpaired) electrons. The fraction of sp³-hybridized carbons (Fsp3) is 0.481. The van der Waals surface area contributed by atoms with Gasteiger partial charge in [0.2, 0.25) is 5.91 Å². The summed E-state index contributed by atoms with van der Waals surface area (Å²) in [4.78, 5) is 29.8. The van der Waals surface area contributed by atoms with Gasteiger partial charge < -0.3 is 4.90 Å². The number of alkyl halides is 1. The van der Waals surface area contributed by atoms with Gasteiger partial charge in [-0.05, 0) is 43.9 Å². The van der Waals surface area contributed by atoms with Gasteiger partial charge in [0.1, 0.15) is 17.8 Å². The monoisotopic (exact) mass is 454 g/mol. The number of nitrogens with zero attached hydrogens (tertiary/aromatic N) is 2. The Labute approximate surface area is 194 Å². The number of carbonyl (C=O) groups is 2. The van der Waals surface area contributed by atoms with Gasteiger partial charge in [0, 0.05) is 50.0 Å². The molecule has 2 saturated heterocycles. The number of amides is 1. The van der Waals surface area contributed by atoms with E-state index in [-0.39, 0.29) is 35.9 Å². The van der Waals surface area contributed by atoms with Gasteiger partial charge in [0.05, 0.1) is 6.04 Å². The Morgan fingerprint density at radius 1 is 1.06 bits per heavy atom. The predicted molar refractivity (Wildman–Crippen MR) is 125 cm³/mol. The molecule has 4 rings (SSSR count). The normalized spacial score (nSPS) is 22.2. The molecule has 176 valence electrons. The third-order valence-corrected chi connectivity index (χ3v) is 6.99. The van der Waals surface area contributed by atoms with E-state index in [2.05, 4.69) is 0 Å². The van der Waals surface area contributed by atoms with Crippen LogP contribution in [0.4, 0.5) is 8.78 Å². The Morgan fingerprint density at radius 2 is 1.79 bits per heavy atom. The van der Waals surface area contributed by atoms with Crippen molar-refractivity contribution < 1.29 is 18.4 Å². The number of likely N-dealkylation sites (tertiary alicyclic amines) is 2. The highest BCUT2D eigenvalue weighted by molar-refractivity contribution is 5.85. The van der Waals surface area contributed by atoms with Crippen LogP contribution >= 0.6 is 0 Å². The van der Waals surface area contributed by atoms with Crippen molar-refractivity contribution in [1.82, 2.24) is 9.80 Å². The Morgan fingerprint density at radius 3 is 2.48 bits per heavy atom. The summed E-state index contributed by atoms with van der Waals surface area (Å²) in [5.74, 6) is -0.228. The quantitative estimate of drug-likeness (QED) is 0.637. The lowest BCUT2D eigenvalue weighted by Crippen LogP contribution is -2.50. The first-order chi connectivity index (χ1) is 15.8. The van der Waals surface area contributed by atoms with Gasteiger partial charge in [0.15, 0.2) is 0 Å². The van der Waals surface area contributed by atoms with E-state index in [4.69, 9.17) is 0 Å². The second-order valence-electron chi connectivity index (χ2n) is 9.56. The molecule has 0 N–H and O–H groups in total. The number of Topliss-reactive ketones (excluding diaryl/α,β-unsaturated/α-hetero) is 1. The maximum Gasteiger partial charge on any atom is 0.240 e. The molecule has 2 heterocycles. The predicted octanol–water partition coefficient (Wildman–Crippen LogP) is 4.66. The molecule has 2 aliphatic heterocycles. The molecular weight excluding hydrogens is 422 g/mol. The van der Waals surface area contributed by atoms with Crippen molar-refractivity contribution >= 4 is 11.7 Å². The van der Waals surface area contributed by atoms with Crippen LogP contribution in [0.5, 0.6) is 0 Å². The maximum absolute atomic E-state index is 14.1. The van der Waals surface area contributed by atoms with E-state index in [1.54, 1.807) is 23.1 Å². The van der Waals surface area contributed by atoms with Crippen LogP contribution < -0.4 is 0 Å². The van der Waals surface area contributed by atoms with Gasteiger partial charge in [-0.25, -0.2) is 8.78 Å². The standard InChI is InChI=1S/C27H32F2N2O2/c1-18(2)31-17-22(28)16-25(31)27(33)30-12-10-20(11-13-30)26(32)15-19-6-5-7-21(14-19)23-8-3-4-9-24(23)29/h3-9,14,18,20,22,25H,10-13,15-17H2,1-2H3/t22-,25-/m0/s1. The summed E-state index contributed by atoms with van der Waals surface area (Å²) in [5, 5.41) is 0. The Bertz CT molecular complexity index is 1000. The number of piperidine rings is 1. The smallest absolute Gasteiger partial charge is 0.240 e. The number of carbonyl (C=O) groups excluding carboxylic acids is 2. The zero-order valence-corrected chi connectivity index (χ0v) is 19.3. The zero-order valence-electron chi connectivity index (χ0n) is 19.3. The third kappa shape index (κ3) is 5.32. The van der Waals surface area contributed by atoms with Gasteiger partial charge in [-0.3, -0.25) is 14.5 Å². The fourth-order valence-corrected chi connectivity index (χ4v) is 5.14. The van der Waals surface area contributed by atoms with Crippen LogP contribution in [0.15, 0.2) is 48.5 Å².